The van der Waals surface area contributed by atoms with Gasteiger partial charge in [-0.05, 0) is 36.1 Å². The first-order chi connectivity index (χ1) is 12.0. The van der Waals surface area contributed by atoms with E-state index in [1.54, 1.807) is 18.1 Å². The van der Waals surface area contributed by atoms with Gasteiger partial charge >= 0.3 is 0 Å². The van der Waals surface area contributed by atoms with Crippen molar-refractivity contribution in [2.75, 3.05) is 12.1 Å². The summed E-state index contributed by atoms with van der Waals surface area (Å²) < 4.78 is 0. The van der Waals surface area contributed by atoms with E-state index in [9.17, 15) is 9.59 Å². The van der Waals surface area contributed by atoms with Crippen molar-refractivity contribution >= 4 is 39.9 Å². The molecule has 3 aromatic rings. The fraction of sp³-hybridized carbons (Fsp3) is 0.100. The van der Waals surface area contributed by atoms with Gasteiger partial charge in [0, 0.05) is 17.5 Å². The van der Waals surface area contributed by atoms with Gasteiger partial charge in [0.1, 0.15) is 0 Å². The molecule has 0 spiro atoms. The van der Waals surface area contributed by atoms with Crippen molar-refractivity contribution in [3.8, 4) is 0 Å². The second-order valence-electron chi connectivity index (χ2n) is 6.11. The summed E-state index contributed by atoms with van der Waals surface area (Å²) in [6.07, 6.45) is 0. The average molecular weight is 351 g/mol. The fourth-order valence-corrected chi connectivity index (χ4v) is 3.53. The lowest BCUT2D eigenvalue weighted by Gasteiger charge is -2.28. The molecule has 0 saturated heterocycles. The van der Waals surface area contributed by atoms with Crippen LogP contribution in [0, 0.1) is 6.92 Å². The number of hydrogen-bond acceptors (Lipinski definition) is 3. The minimum Gasteiger partial charge on any atom is -0.278 e. The first-order valence-corrected chi connectivity index (χ1v) is 8.27. The molecule has 0 aliphatic carbocycles. The molecule has 0 saturated carbocycles. The van der Waals surface area contributed by atoms with Crippen LogP contribution in [0.2, 0.25) is 5.02 Å². The van der Waals surface area contributed by atoms with Gasteiger partial charge in [-0.1, -0.05) is 48.0 Å². The number of imide groups is 1. The maximum Gasteiger partial charge on any atom is 0.281 e. The predicted molar refractivity (Wildman–Crippen MR) is 99.0 cm³/mol. The highest BCUT2D eigenvalue weighted by atomic mass is 35.5. The summed E-state index contributed by atoms with van der Waals surface area (Å²) in [7, 11) is 1.71. The maximum atomic E-state index is 13.1. The van der Waals surface area contributed by atoms with Crippen molar-refractivity contribution in [2.45, 2.75) is 6.92 Å². The number of fused-ring (bicyclic) bond motifs is 3. The average Bonchev–Trinajstić information content (AvgIpc) is 2.85. The van der Waals surface area contributed by atoms with Crippen molar-refractivity contribution in [3.05, 3.63) is 76.3 Å². The molecule has 1 aliphatic heterocycles. The van der Waals surface area contributed by atoms with E-state index in [0.717, 1.165) is 16.6 Å². The molecule has 0 fully saturated rings. The number of benzene rings is 3. The van der Waals surface area contributed by atoms with E-state index < -0.39 is 0 Å². The molecule has 1 heterocycles. The summed E-state index contributed by atoms with van der Waals surface area (Å²) in [5, 5.41) is 4.69. The molecule has 2 amide bonds. The van der Waals surface area contributed by atoms with E-state index in [1.165, 1.54) is 5.01 Å². The standard InChI is InChI=1S/C20H15ClN2O2/c1-12-6-5-7-13(10-12)22(2)23-19(24)16-11-17(21)14-8-3-4-9-15(14)18(16)20(23)25/h3-11H,1-2H3. The summed E-state index contributed by atoms with van der Waals surface area (Å²) in [6, 6.07) is 16.6. The third-order valence-electron chi connectivity index (χ3n) is 4.50. The van der Waals surface area contributed by atoms with E-state index in [0.29, 0.717) is 21.5 Å². The van der Waals surface area contributed by atoms with Crippen LogP contribution in [0.4, 0.5) is 5.69 Å². The number of hydrazine groups is 1. The first kappa shape index (κ1) is 15.7. The Morgan fingerprint density at radius 3 is 2.36 bits per heavy atom. The van der Waals surface area contributed by atoms with Gasteiger partial charge in [-0.15, -0.1) is 0 Å². The van der Waals surface area contributed by atoms with Gasteiger partial charge in [0.25, 0.3) is 11.8 Å². The van der Waals surface area contributed by atoms with Crippen LogP contribution in [0.15, 0.2) is 54.6 Å². The summed E-state index contributed by atoms with van der Waals surface area (Å²) >= 11 is 6.32. The van der Waals surface area contributed by atoms with E-state index in [2.05, 4.69) is 0 Å². The van der Waals surface area contributed by atoms with Gasteiger partial charge in [0.05, 0.1) is 16.8 Å². The highest BCUT2D eigenvalue weighted by molar-refractivity contribution is 6.38. The van der Waals surface area contributed by atoms with Crippen LogP contribution in [0.1, 0.15) is 26.3 Å². The molecule has 0 unspecified atom stereocenters. The molecular formula is C20H15ClN2O2. The van der Waals surface area contributed by atoms with Crippen LogP contribution in [0.3, 0.4) is 0 Å². The van der Waals surface area contributed by atoms with Gasteiger partial charge in [0.15, 0.2) is 0 Å². The number of carbonyl (C=O) groups excluding carboxylic acids is 2. The Labute approximate surface area is 150 Å². The lowest BCUT2D eigenvalue weighted by Crippen LogP contribution is -2.44. The van der Waals surface area contributed by atoms with Crippen LogP contribution >= 0.6 is 11.6 Å². The zero-order chi connectivity index (χ0) is 17.7. The van der Waals surface area contributed by atoms with Gasteiger partial charge < -0.3 is 0 Å². The van der Waals surface area contributed by atoms with E-state index >= 15 is 0 Å². The van der Waals surface area contributed by atoms with Crippen LogP contribution in [0.25, 0.3) is 10.8 Å². The molecule has 0 radical (unpaired) electrons. The molecule has 1 aliphatic rings. The van der Waals surface area contributed by atoms with Gasteiger partial charge in [-0.25, -0.2) is 0 Å². The second-order valence-corrected chi connectivity index (χ2v) is 6.52. The number of hydrogen-bond donors (Lipinski definition) is 0. The Balaban J connectivity index is 1.87. The molecule has 0 atom stereocenters. The van der Waals surface area contributed by atoms with Gasteiger partial charge in [-0.2, -0.15) is 5.01 Å². The highest BCUT2D eigenvalue weighted by Gasteiger charge is 2.40. The molecule has 5 heteroatoms. The van der Waals surface area contributed by atoms with Crippen molar-refractivity contribution in [3.63, 3.8) is 0 Å². The SMILES string of the molecule is Cc1cccc(N(C)N2C(=O)c3cc(Cl)c4ccccc4c3C2=O)c1. The lowest BCUT2D eigenvalue weighted by atomic mass is 10.0. The number of carbonyl (C=O) groups is 2. The zero-order valence-electron chi connectivity index (χ0n) is 13.8. The minimum atomic E-state index is -0.364. The molecule has 0 bridgehead atoms. The number of amides is 2. The Hall–Kier alpha value is -2.85. The quantitative estimate of drug-likeness (QED) is 0.641. The molecule has 3 aromatic carbocycles. The van der Waals surface area contributed by atoms with Crippen molar-refractivity contribution in [1.82, 2.24) is 5.01 Å². The smallest absolute Gasteiger partial charge is 0.278 e. The number of halogens is 1. The normalized spacial score (nSPS) is 13.5. The molecular weight excluding hydrogens is 336 g/mol. The lowest BCUT2D eigenvalue weighted by molar-refractivity contribution is 0.0645. The van der Waals surface area contributed by atoms with Gasteiger partial charge in [-0.3, -0.25) is 14.6 Å². The van der Waals surface area contributed by atoms with Crippen LogP contribution < -0.4 is 5.01 Å². The monoisotopic (exact) mass is 350 g/mol. The highest BCUT2D eigenvalue weighted by Crippen LogP contribution is 2.36. The van der Waals surface area contributed by atoms with Gasteiger partial charge in [0.2, 0.25) is 0 Å². The molecule has 25 heavy (non-hydrogen) atoms. The van der Waals surface area contributed by atoms with E-state index in [4.69, 9.17) is 11.6 Å². The largest absolute Gasteiger partial charge is 0.281 e. The van der Waals surface area contributed by atoms with Crippen molar-refractivity contribution in [1.29, 1.82) is 0 Å². The molecule has 4 rings (SSSR count). The molecule has 0 aromatic heterocycles. The summed E-state index contributed by atoms with van der Waals surface area (Å²) in [6.45, 7) is 1.97. The van der Waals surface area contributed by atoms with Crippen LogP contribution in [-0.4, -0.2) is 23.9 Å². The Morgan fingerprint density at radius 1 is 0.920 bits per heavy atom. The summed E-state index contributed by atoms with van der Waals surface area (Å²) in [5.41, 5.74) is 2.57. The molecule has 0 N–H and O–H groups in total. The number of aryl methyl sites for hydroxylation is 1. The van der Waals surface area contributed by atoms with Crippen LogP contribution in [-0.2, 0) is 0 Å². The molecule has 124 valence electrons. The Kier molecular flexibility index (Phi) is 3.51. The number of rotatable bonds is 2. The third-order valence-corrected chi connectivity index (χ3v) is 4.81. The second kappa shape index (κ2) is 5.60. The third kappa shape index (κ3) is 2.29. The van der Waals surface area contributed by atoms with E-state index in [1.807, 2.05) is 55.5 Å². The summed E-state index contributed by atoms with van der Waals surface area (Å²) in [5.74, 6) is -0.700. The number of anilines is 1. The maximum absolute atomic E-state index is 13.1. The first-order valence-electron chi connectivity index (χ1n) is 7.89. The summed E-state index contributed by atoms with van der Waals surface area (Å²) in [4.78, 5) is 26.0. The van der Waals surface area contributed by atoms with Crippen LogP contribution in [0.5, 0.6) is 0 Å². The number of nitrogens with zero attached hydrogens (tertiary/aromatic N) is 2. The van der Waals surface area contributed by atoms with E-state index in [-0.39, 0.29) is 11.8 Å². The zero-order valence-corrected chi connectivity index (χ0v) is 14.5. The fourth-order valence-electron chi connectivity index (χ4n) is 3.26. The molecule has 4 nitrogen and oxygen atoms in total. The van der Waals surface area contributed by atoms with Crippen molar-refractivity contribution < 1.29 is 9.59 Å². The minimum absolute atomic E-state index is 0.336. The Morgan fingerprint density at radius 2 is 1.64 bits per heavy atom. The van der Waals surface area contributed by atoms with Crippen molar-refractivity contribution in [2.24, 2.45) is 0 Å². The Bertz CT molecular complexity index is 1050. The predicted octanol–water partition coefficient (Wildman–Crippen LogP) is 4.45. The topological polar surface area (TPSA) is 40.6 Å².